The van der Waals surface area contributed by atoms with Gasteiger partial charge < -0.3 is 5.32 Å². The van der Waals surface area contributed by atoms with E-state index in [1.165, 1.54) is 23.1 Å². The second-order valence-electron chi connectivity index (χ2n) is 6.83. The molecule has 0 bridgehead atoms. The molecule has 150 valence electrons. The molecule has 0 spiro atoms. The standard InChI is InChI=1S/C22H20N6O2/c1-16(18-7-9-19(10-8-18)28-15-23-14-24-28)25-22(30)20-11-12-21(29)27(26-20)13-17-5-3-2-4-6-17/h2-12,14-16H,13H2,1H3,(H,25,30)/t16-/m1/s1. The third-order valence-corrected chi connectivity index (χ3v) is 4.70. The van der Waals surface area contributed by atoms with E-state index in [0.29, 0.717) is 6.54 Å². The molecule has 2 aromatic heterocycles. The molecule has 1 amide bonds. The molecule has 0 saturated carbocycles. The highest BCUT2D eigenvalue weighted by molar-refractivity contribution is 5.92. The van der Waals surface area contributed by atoms with Crippen molar-refractivity contribution in [2.24, 2.45) is 0 Å². The van der Waals surface area contributed by atoms with Gasteiger partial charge in [-0.3, -0.25) is 9.59 Å². The van der Waals surface area contributed by atoms with Crippen LogP contribution in [0.5, 0.6) is 0 Å². The van der Waals surface area contributed by atoms with Crippen molar-refractivity contribution in [2.75, 3.05) is 0 Å². The highest BCUT2D eigenvalue weighted by atomic mass is 16.2. The van der Waals surface area contributed by atoms with Crippen LogP contribution in [-0.4, -0.2) is 30.5 Å². The summed E-state index contributed by atoms with van der Waals surface area (Å²) < 4.78 is 2.95. The number of carbonyl (C=O) groups is 1. The molecule has 1 atom stereocenters. The quantitative estimate of drug-likeness (QED) is 0.536. The van der Waals surface area contributed by atoms with E-state index in [4.69, 9.17) is 0 Å². The molecule has 0 aliphatic heterocycles. The van der Waals surface area contributed by atoms with Gasteiger partial charge in [0.1, 0.15) is 18.3 Å². The van der Waals surface area contributed by atoms with Crippen LogP contribution in [0.15, 0.2) is 84.2 Å². The minimum atomic E-state index is -0.343. The Morgan fingerprint density at radius 2 is 1.80 bits per heavy atom. The first kappa shape index (κ1) is 19.3. The van der Waals surface area contributed by atoms with E-state index in [9.17, 15) is 9.59 Å². The van der Waals surface area contributed by atoms with Gasteiger partial charge in [0.05, 0.1) is 18.3 Å². The largest absolute Gasteiger partial charge is 0.344 e. The highest BCUT2D eigenvalue weighted by Crippen LogP contribution is 2.15. The van der Waals surface area contributed by atoms with Crippen molar-refractivity contribution in [1.82, 2.24) is 29.9 Å². The number of amides is 1. The van der Waals surface area contributed by atoms with Crippen molar-refractivity contribution in [1.29, 1.82) is 0 Å². The molecule has 0 aliphatic carbocycles. The lowest BCUT2D eigenvalue weighted by atomic mass is 10.1. The van der Waals surface area contributed by atoms with Gasteiger partial charge in [-0.1, -0.05) is 42.5 Å². The number of nitrogens with zero attached hydrogens (tertiary/aromatic N) is 5. The molecule has 0 fully saturated rings. The summed E-state index contributed by atoms with van der Waals surface area (Å²) in [5, 5.41) is 11.3. The number of nitrogens with one attached hydrogen (secondary N) is 1. The Hall–Kier alpha value is -4.07. The predicted octanol–water partition coefficient (Wildman–Crippen LogP) is 2.36. The lowest BCUT2D eigenvalue weighted by molar-refractivity contribution is 0.0932. The monoisotopic (exact) mass is 400 g/mol. The van der Waals surface area contributed by atoms with E-state index in [-0.39, 0.29) is 23.2 Å². The Kier molecular flexibility index (Phi) is 5.47. The van der Waals surface area contributed by atoms with Crippen molar-refractivity contribution in [3.8, 4) is 5.69 Å². The normalized spacial score (nSPS) is 11.8. The van der Waals surface area contributed by atoms with Gasteiger partial charge in [-0.25, -0.2) is 14.3 Å². The predicted molar refractivity (Wildman–Crippen MR) is 111 cm³/mol. The van der Waals surface area contributed by atoms with E-state index < -0.39 is 0 Å². The van der Waals surface area contributed by atoms with E-state index in [1.54, 1.807) is 11.0 Å². The fourth-order valence-corrected chi connectivity index (χ4v) is 3.05. The van der Waals surface area contributed by atoms with Gasteiger partial charge in [-0.05, 0) is 36.2 Å². The molecular weight excluding hydrogens is 380 g/mol. The molecule has 0 saturated heterocycles. The summed E-state index contributed by atoms with van der Waals surface area (Å²) in [7, 11) is 0. The third-order valence-electron chi connectivity index (χ3n) is 4.70. The van der Waals surface area contributed by atoms with Gasteiger partial charge in [0, 0.05) is 6.07 Å². The van der Waals surface area contributed by atoms with Crippen LogP contribution in [0.1, 0.15) is 34.6 Å². The van der Waals surface area contributed by atoms with Crippen LogP contribution in [0.4, 0.5) is 0 Å². The zero-order chi connectivity index (χ0) is 20.9. The summed E-state index contributed by atoms with van der Waals surface area (Å²) in [6.45, 7) is 2.20. The topological polar surface area (TPSA) is 94.7 Å². The second kappa shape index (κ2) is 8.52. The van der Waals surface area contributed by atoms with Crippen LogP contribution in [0.3, 0.4) is 0 Å². The van der Waals surface area contributed by atoms with Crippen molar-refractivity contribution < 1.29 is 4.79 Å². The first-order chi connectivity index (χ1) is 14.6. The zero-order valence-corrected chi connectivity index (χ0v) is 16.3. The number of hydrogen-bond acceptors (Lipinski definition) is 5. The minimum absolute atomic E-state index is 0.191. The first-order valence-electron chi connectivity index (χ1n) is 9.48. The van der Waals surface area contributed by atoms with Crippen molar-refractivity contribution in [3.63, 3.8) is 0 Å². The van der Waals surface area contributed by atoms with Crippen LogP contribution in [0.25, 0.3) is 5.69 Å². The zero-order valence-electron chi connectivity index (χ0n) is 16.3. The maximum atomic E-state index is 12.7. The molecule has 8 heteroatoms. The third kappa shape index (κ3) is 4.33. The molecule has 4 aromatic rings. The smallest absolute Gasteiger partial charge is 0.272 e. The van der Waals surface area contributed by atoms with Crippen molar-refractivity contribution >= 4 is 5.91 Å². The van der Waals surface area contributed by atoms with Crippen LogP contribution >= 0.6 is 0 Å². The van der Waals surface area contributed by atoms with Crippen LogP contribution in [-0.2, 0) is 6.54 Å². The fourth-order valence-electron chi connectivity index (χ4n) is 3.05. The maximum Gasteiger partial charge on any atom is 0.272 e. The molecule has 2 heterocycles. The summed E-state index contributed by atoms with van der Waals surface area (Å²) in [6, 6.07) is 19.7. The average Bonchev–Trinajstić information content (AvgIpc) is 3.31. The number of benzene rings is 2. The molecule has 0 aliphatic rings. The van der Waals surface area contributed by atoms with E-state index in [1.807, 2.05) is 61.5 Å². The van der Waals surface area contributed by atoms with Gasteiger partial charge >= 0.3 is 0 Å². The molecule has 0 radical (unpaired) electrons. The molecule has 2 aromatic carbocycles. The number of hydrogen-bond donors (Lipinski definition) is 1. The van der Waals surface area contributed by atoms with Crippen LogP contribution < -0.4 is 10.9 Å². The van der Waals surface area contributed by atoms with Gasteiger partial charge in [0.2, 0.25) is 0 Å². The SMILES string of the molecule is C[C@@H](NC(=O)c1ccc(=O)n(Cc2ccccc2)n1)c1ccc(-n2cncn2)cc1. The average molecular weight is 400 g/mol. The van der Waals surface area contributed by atoms with Gasteiger partial charge in [0.25, 0.3) is 11.5 Å². The summed E-state index contributed by atoms with van der Waals surface area (Å²) in [5.74, 6) is -0.343. The fraction of sp³-hybridized carbons (Fsp3) is 0.136. The van der Waals surface area contributed by atoms with Crippen LogP contribution in [0, 0.1) is 0 Å². The van der Waals surface area contributed by atoms with Gasteiger partial charge in [-0.15, -0.1) is 0 Å². The number of aromatic nitrogens is 5. The summed E-state index contributed by atoms with van der Waals surface area (Å²) >= 11 is 0. The van der Waals surface area contributed by atoms with Gasteiger partial charge in [-0.2, -0.15) is 10.2 Å². The minimum Gasteiger partial charge on any atom is -0.344 e. The molecule has 0 unspecified atom stereocenters. The van der Waals surface area contributed by atoms with Crippen LogP contribution in [0.2, 0.25) is 0 Å². The maximum absolute atomic E-state index is 12.7. The number of rotatable bonds is 6. The van der Waals surface area contributed by atoms with E-state index >= 15 is 0 Å². The van der Waals surface area contributed by atoms with E-state index in [2.05, 4.69) is 20.5 Å². The second-order valence-corrected chi connectivity index (χ2v) is 6.83. The Bertz CT molecular complexity index is 1180. The summed E-state index contributed by atoms with van der Waals surface area (Å²) in [4.78, 5) is 28.7. The molecule has 8 nitrogen and oxygen atoms in total. The van der Waals surface area contributed by atoms with E-state index in [0.717, 1.165) is 16.8 Å². The Morgan fingerprint density at radius 1 is 1.03 bits per heavy atom. The highest BCUT2D eigenvalue weighted by Gasteiger charge is 2.14. The lowest BCUT2D eigenvalue weighted by Crippen LogP contribution is -2.31. The van der Waals surface area contributed by atoms with Gasteiger partial charge in [0.15, 0.2) is 0 Å². The van der Waals surface area contributed by atoms with Crippen molar-refractivity contribution in [3.05, 3.63) is 107 Å². The first-order valence-corrected chi connectivity index (χ1v) is 9.48. The molecular formula is C22H20N6O2. The van der Waals surface area contributed by atoms with Crippen molar-refractivity contribution in [2.45, 2.75) is 19.5 Å². The summed E-state index contributed by atoms with van der Waals surface area (Å²) in [5.41, 5.74) is 2.68. The Balaban J connectivity index is 1.46. The Labute approximate surface area is 172 Å². The lowest BCUT2D eigenvalue weighted by Gasteiger charge is -2.15. The molecule has 1 N–H and O–H groups in total. The Morgan fingerprint density at radius 3 is 2.50 bits per heavy atom. The number of carbonyl (C=O) groups excluding carboxylic acids is 1. The summed E-state index contributed by atoms with van der Waals surface area (Å²) in [6.07, 6.45) is 3.09. The molecule has 30 heavy (non-hydrogen) atoms. The molecule has 4 rings (SSSR count).